The number of ether oxygens (including phenoxy) is 2. The second kappa shape index (κ2) is 4.46. The maximum absolute atomic E-state index is 13.6. The Bertz CT molecular complexity index is 551. The number of aromatic nitrogens is 1. The number of fused-ring (bicyclic) bond motifs is 1. The van der Waals surface area contributed by atoms with Crippen molar-refractivity contribution in [3.8, 4) is 11.4 Å². The van der Waals surface area contributed by atoms with Crippen molar-refractivity contribution in [3.05, 3.63) is 48.0 Å². The van der Waals surface area contributed by atoms with Crippen molar-refractivity contribution >= 4 is 0 Å². The smallest absolute Gasteiger partial charge is 0.199 e. The molecular weight excluding hydrogens is 233 g/mol. The lowest BCUT2D eigenvalue weighted by Crippen LogP contribution is -2.25. The van der Waals surface area contributed by atoms with E-state index in [4.69, 9.17) is 9.47 Å². The minimum absolute atomic E-state index is 0.239. The Kier molecular flexibility index (Phi) is 2.80. The Morgan fingerprint density at radius 3 is 2.83 bits per heavy atom. The summed E-state index contributed by atoms with van der Waals surface area (Å²) < 4.78 is 26.5. The third-order valence-electron chi connectivity index (χ3n) is 3.16. The number of hydrogen-bond acceptors (Lipinski definition) is 2. The Morgan fingerprint density at radius 1 is 1.33 bits per heavy atom. The summed E-state index contributed by atoms with van der Waals surface area (Å²) in [7, 11) is 1.62. The van der Waals surface area contributed by atoms with Gasteiger partial charge in [-0.3, -0.25) is 0 Å². The molecule has 3 nitrogen and oxygen atoms in total. The maximum atomic E-state index is 13.6. The largest absolute Gasteiger partial charge is 0.462 e. The number of hydrogen-bond donors (Lipinski definition) is 0. The van der Waals surface area contributed by atoms with Gasteiger partial charge in [0.05, 0.1) is 5.69 Å². The first kappa shape index (κ1) is 11.3. The van der Waals surface area contributed by atoms with Crippen LogP contribution < -0.4 is 4.74 Å². The van der Waals surface area contributed by atoms with Gasteiger partial charge in [-0.2, -0.15) is 0 Å². The van der Waals surface area contributed by atoms with Gasteiger partial charge in [0.2, 0.25) is 0 Å². The van der Waals surface area contributed by atoms with Gasteiger partial charge >= 0.3 is 0 Å². The molecule has 0 saturated carbocycles. The molecule has 1 unspecified atom stereocenters. The summed E-state index contributed by atoms with van der Waals surface area (Å²) in [5, 5.41) is 0. The van der Waals surface area contributed by atoms with Crippen LogP contribution in [0.2, 0.25) is 0 Å². The van der Waals surface area contributed by atoms with E-state index in [0.717, 1.165) is 24.1 Å². The highest BCUT2D eigenvalue weighted by Gasteiger charge is 2.23. The summed E-state index contributed by atoms with van der Waals surface area (Å²) in [5.74, 6) is 0.475. The second-order valence-corrected chi connectivity index (χ2v) is 4.33. The number of rotatable bonds is 2. The van der Waals surface area contributed by atoms with Gasteiger partial charge in [-0.25, -0.2) is 4.39 Å². The van der Waals surface area contributed by atoms with Crippen LogP contribution in [0.3, 0.4) is 0 Å². The SMILES string of the molecule is COC1CCc2cc(F)cc(-n3cccc3)c2O1. The molecule has 0 radical (unpaired) electrons. The van der Waals surface area contributed by atoms with Crippen molar-refractivity contribution in [3.63, 3.8) is 0 Å². The van der Waals surface area contributed by atoms with E-state index in [0.29, 0.717) is 5.75 Å². The number of nitrogens with zero attached hydrogens (tertiary/aromatic N) is 1. The van der Waals surface area contributed by atoms with Crippen molar-refractivity contribution < 1.29 is 13.9 Å². The highest BCUT2D eigenvalue weighted by Crippen LogP contribution is 2.34. The molecule has 0 N–H and O–H groups in total. The molecular formula is C14H14FNO2. The molecule has 18 heavy (non-hydrogen) atoms. The molecule has 0 bridgehead atoms. The third-order valence-corrected chi connectivity index (χ3v) is 3.16. The fourth-order valence-corrected chi connectivity index (χ4v) is 2.27. The minimum Gasteiger partial charge on any atom is -0.462 e. The lowest BCUT2D eigenvalue weighted by molar-refractivity contribution is -0.0654. The Labute approximate surface area is 105 Å². The predicted octanol–water partition coefficient (Wildman–Crippen LogP) is 2.91. The summed E-state index contributed by atoms with van der Waals surface area (Å²) in [6, 6.07) is 6.81. The molecule has 3 rings (SSSR count). The standard InChI is InChI=1S/C14H14FNO2/c1-17-13-5-4-10-8-11(15)9-12(14(10)18-13)16-6-2-3-7-16/h2-3,6-9,13H,4-5H2,1H3. The summed E-state index contributed by atoms with van der Waals surface area (Å²) in [4.78, 5) is 0. The zero-order valence-electron chi connectivity index (χ0n) is 10.1. The topological polar surface area (TPSA) is 23.4 Å². The highest BCUT2D eigenvalue weighted by atomic mass is 19.1. The van der Waals surface area contributed by atoms with Crippen LogP contribution in [0, 0.1) is 5.82 Å². The van der Waals surface area contributed by atoms with Crippen LogP contribution in [0.5, 0.6) is 5.75 Å². The second-order valence-electron chi connectivity index (χ2n) is 4.33. The molecule has 0 spiro atoms. The fraction of sp³-hybridized carbons (Fsp3) is 0.286. The van der Waals surface area contributed by atoms with Crippen LogP contribution in [0.1, 0.15) is 12.0 Å². The normalized spacial score (nSPS) is 18.2. The van der Waals surface area contributed by atoms with E-state index in [1.54, 1.807) is 7.11 Å². The molecule has 2 heterocycles. The average Bonchev–Trinajstić information content (AvgIpc) is 2.91. The van der Waals surface area contributed by atoms with E-state index in [1.165, 1.54) is 12.1 Å². The molecule has 1 aliphatic rings. The van der Waals surface area contributed by atoms with Crippen LogP contribution in [0.15, 0.2) is 36.7 Å². The molecule has 1 aliphatic heterocycles. The van der Waals surface area contributed by atoms with Crippen molar-refractivity contribution in [2.24, 2.45) is 0 Å². The van der Waals surface area contributed by atoms with E-state index < -0.39 is 0 Å². The number of methoxy groups -OCH3 is 1. The van der Waals surface area contributed by atoms with Crippen molar-refractivity contribution in [2.75, 3.05) is 7.11 Å². The van der Waals surface area contributed by atoms with Gasteiger partial charge < -0.3 is 14.0 Å². The Morgan fingerprint density at radius 2 is 2.11 bits per heavy atom. The van der Waals surface area contributed by atoms with Crippen LogP contribution in [0.25, 0.3) is 5.69 Å². The summed E-state index contributed by atoms with van der Waals surface area (Å²) in [5.41, 5.74) is 1.61. The zero-order valence-corrected chi connectivity index (χ0v) is 10.1. The predicted molar refractivity (Wildman–Crippen MR) is 65.5 cm³/mol. The molecule has 94 valence electrons. The lowest BCUT2D eigenvalue weighted by atomic mass is 10.0. The van der Waals surface area contributed by atoms with Gasteiger partial charge in [0, 0.05) is 32.0 Å². The third kappa shape index (κ3) is 1.88. The van der Waals surface area contributed by atoms with Crippen LogP contribution in [0.4, 0.5) is 4.39 Å². The van der Waals surface area contributed by atoms with E-state index in [2.05, 4.69) is 0 Å². The van der Waals surface area contributed by atoms with Gasteiger partial charge in [-0.1, -0.05) is 0 Å². The minimum atomic E-state index is -0.253. The van der Waals surface area contributed by atoms with Crippen LogP contribution >= 0.6 is 0 Å². The summed E-state index contributed by atoms with van der Waals surface area (Å²) >= 11 is 0. The molecule has 1 atom stereocenters. The van der Waals surface area contributed by atoms with E-state index in [1.807, 2.05) is 29.1 Å². The summed E-state index contributed by atoms with van der Waals surface area (Å²) in [6.45, 7) is 0. The molecule has 0 saturated heterocycles. The van der Waals surface area contributed by atoms with Gasteiger partial charge in [0.1, 0.15) is 11.6 Å². The first-order chi connectivity index (χ1) is 8.78. The van der Waals surface area contributed by atoms with Crippen molar-refractivity contribution in [1.29, 1.82) is 0 Å². The Balaban J connectivity index is 2.11. The van der Waals surface area contributed by atoms with Crippen molar-refractivity contribution in [2.45, 2.75) is 19.1 Å². The molecule has 4 heteroatoms. The van der Waals surface area contributed by atoms with Gasteiger partial charge in [-0.05, 0) is 30.2 Å². The Hall–Kier alpha value is -1.81. The molecule has 0 aliphatic carbocycles. The van der Waals surface area contributed by atoms with Crippen LogP contribution in [-0.2, 0) is 11.2 Å². The zero-order chi connectivity index (χ0) is 12.5. The molecule has 0 fully saturated rings. The number of halogens is 1. The maximum Gasteiger partial charge on any atom is 0.199 e. The van der Waals surface area contributed by atoms with Gasteiger partial charge in [0.15, 0.2) is 6.29 Å². The molecule has 2 aromatic rings. The lowest BCUT2D eigenvalue weighted by Gasteiger charge is -2.27. The molecule has 0 amide bonds. The first-order valence-electron chi connectivity index (χ1n) is 5.93. The first-order valence-corrected chi connectivity index (χ1v) is 5.93. The van der Waals surface area contributed by atoms with E-state index >= 15 is 0 Å². The molecule has 1 aromatic heterocycles. The molecule has 1 aromatic carbocycles. The fourth-order valence-electron chi connectivity index (χ4n) is 2.27. The van der Waals surface area contributed by atoms with E-state index in [-0.39, 0.29) is 12.1 Å². The monoisotopic (exact) mass is 247 g/mol. The van der Waals surface area contributed by atoms with Crippen LogP contribution in [-0.4, -0.2) is 18.0 Å². The van der Waals surface area contributed by atoms with E-state index in [9.17, 15) is 4.39 Å². The van der Waals surface area contributed by atoms with Gasteiger partial charge in [-0.15, -0.1) is 0 Å². The highest BCUT2D eigenvalue weighted by molar-refractivity contribution is 5.53. The van der Waals surface area contributed by atoms with Gasteiger partial charge in [0.25, 0.3) is 0 Å². The quantitative estimate of drug-likeness (QED) is 0.814. The van der Waals surface area contributed by atoms with Crippen molar-refractivity contribution in [1.82, 2.24) is 4.57 Å². The average molecular weight is 247 g/mol. The summed E-state index contributed by atoms with van der Waals surface area (Å²) in [6.07, 6.45) is 5.00. The number of benzene rings is 1. The number of aryl methyl sites for hydroxylation is 1.